The van der Waals surface area contributed by atoms with Crippen molar-refractivity contribution in [2.45, 2.75) is 6.54 Å². The van der Waals surface area contributed by atoms with Gasteiger partial charge in [0, 0.05) is 6.07 Å². The largest absolute Gasteiger partial charge is 0.497 e. The summed E-state index contributed by atoms with van der Waals surface area (Å²) >= 11 is 6.46. The molecule has 1 fully saturated rings. The van der Waals surface area contributed by atoms with Gasteiger partial charge in [-0.25, -0.2) is 0 Å². The Morgan fingerprint density at radius 1 is 1.23 bits per heavy atom. The number of nitrogens with zero attached hydrogens (tertiary/aromatic N) is 2. The number of hydrogen-bond donors (Lipinski definition) is 0. The number of carbonyl (C=O) groups excluding carboxylic acids is 1. The van der Waals surface area contributed by atoms with Crippen LogP contribution in [0.5, 0.6) is 5.75 Å². The van der Waals surface area contributed by atoms with Crippen molar-refractivity contribution < 1.29 is 14.5 Å². The van der Waals surface area contributed by atoms with Gasteiger partial charge in [-0.1, -0.05) is 48.2 Å². The fourth-order valence-electron chi connectivity index (χ4n) is 2.47. The van der Waals surface area contributed by atoms with E-state index in [4.69, 9.17) is 17.0 Å². The third-order valence-corrected chi connectivity index (χ3v) is 5.17. The second kappa shape index (κ2) is 7.67. The number of carbonyl (C=O) groups is 1. The molecule has 6 nitrogen and oxygen atoms in total. The number of nitro benzene ring substituents is 1. The van der Waals surface area contributed by atoms with E-state index in [2.05, 4.69) is 0 Å². The molecule has 132 valence electrons. The van der Waals surface area contributed by atoms with Gasteiger partial charge in [0.1, 0.15) is 10.1 Å². The van der Waals surface area contributed by atoms with Crippen molar-refractivity contribution in [2.24, 2.45) is 0 Å². The van der Waals surface area contributed by atoms with Crippen molar-refractivity contribution in [3.05, 3.63) is 74.7 Å². The molecule has 1 aliphatic heterocycles. The molecule has 0 atom stereocenters. The van der Waals surface area contributed by atoms with E-state index in [1.165, 1.54) is 17.0 Å². The summed E-state index contributed by atoms with van der Waals surface area (Å²) in [4.78, 5) is 25.2. The molecule has 0 radical (unpaired) electrons. The van der Waals surface area contributed by atoms with Crippen LogP contribution >= 0.6 is 24.0 Å². The lowest BCUT2D eigenvalue weighted by molar-refractivity contribution is -0.385. The second-order valence-electron chi connectivity index (χ2n) is 5.43. The Morgan fingerprint density at radius 3 is 2.58 bits per heavy atom. The highest BCUT2D eigenvalue weighted by molar-refractivity contribution is 8.26. The molecule has 0 N–H and O–H groups in total. The van der Waals surface area contributed by atoms with Crippen LogP contribution in [-0.2, 0) is 11.3 Å². The Hall–Kier alpha value is -2.71. The molecular formula is C18H14N2O4S2. The molecule has 0 saturated carbocycles. The molecule has 2 aromatic carbocycles. The predicted octanol–water partition coefficient (Wildman–Crippen LogP) is 4.00. The highest BCUT2D eigenvalue weighted by Gasteiger charge is 2.32. The number of nitro groups is 1. The zero-order valence-corrected chi connectivity index (χ0v) is 15.4. The van der Waals surface area contributed by atoms with E-state index < -0.39 is 4.92 Å². The van der Waals surface area contributed by atoms with Gasteiger partial charge in [-0.2, -0.15) is 0 Å². The molecule has 0 unspecified atom stereocenters. The SMILES string of the molecule is COc1ccc(CN2C(=O)/C(=C/c3ccccc3[N+](=O)[O-])SC2=S)cc1. The van der Waals surface area contributed by atoms with Crippen LogP contribution in [-0.4, -0.2) is 27.2 Å². The van der Waals surface area contributed by atoms with Crippen LogP contribution in [0.15, 0.2) is 53.4 Å². The van der Waals surface area contributed by atoms with Gasteiger partial charge in [0.2, 0.25) is 0 Å². The van der Waals surface area contributed by atoms with Crippen LogP contribution in [0.4, 0.5) is 5.69 Å². The Kier molecular flexibility index (Phi) is 5.34. The van der Waals surface area contributed by atoms with Gasteiger partial charge in [0.05, 0.1) is 29.0 Å². The van der Waals surface area contributed by atoms with E-state index in [1.807, 2.05) is 24.3 Å². The first-order valence-corrected chi connectivity index (χ1v) is 8.84. The summed E-state index contributed by atoms with van der Waals surface area (Å²) in [5.41, 5.74) is 1.24. The van der Waals surface area contributed by atoms with Gasteiger partial charge in [0.25, 0.3) is 11.6 Å². The van der Waals surface area contributed by atoms with Crippen LogP contribution in [0.2, 0.25) is 0 Å². The summed E-state index contributed by atoms with van der Waals surface area (Å²) < 4.78 is 5.55. The zero-order valence-electron chi connectivity index (χ0n) is 13.7. The molecule has 26 heavy (non-hydrogen) atoms. The normalized spacial score (nSPS) is 15.6. The van der Waals surface area contributed by atoms with Gasteiger partial charge < -0.3 is 4.74 Å². The summed E-state index contributed by atoms with van der Waals surface area (Å²) in [6.07, 6.45) is 1.52. The summed E-state index contributed by atoms with van der Waals surface area (Å²) in [6, 6.07) is 13.7. The molecule has 0 aliphatic carbocycles. The number of rotatable bonds is 5. The zero-order chi connectivity index (χ0) is 18.7. The van der Waals surface area contributed by atoms with Crippen LogP contribution in [0.25, 0.3) is 6.08 Å². The van der Waals surface area contributed by atoms with E-state index in [1.54, 1.807) is 25.3 Å². The molecule has 3 rings (SSSR count). The monoisotopic (exact) mass is 386 g/mol. The molecular weight excluding hydrogens is 372 g/mol. The number of methoxy groups -OCH3 is 1. The fraction of sp³-hybridized carbons (Fsp3) is 0.111. The molecule has 8 heteroatoms. The Labute approximate surface area is 159 Å². The third kappa shape index (κ3) is 3.76. The molecule has 0 bridgehead atoms. The van der Waals surface area contributed by atoms with Crippen LogP contribution < -0.4 is 4.74 Å². The lowest BCUT2D eigenvalue weighted by atomic mass is 10.1. The number of para-hydroxylation sites is 1. The van der Waals surface area contributed by atoms with E-state index in [0.29, 0.717) is 21.3 Å². The maximum atomic E-state index is 12.7. The van der Waals surface area contributed by atoms with Crippen LogP contribution in [0.1, 0.15) is 11.1 Å². The molecule has 1 heterocycles. The van der Waals surface area contributed by atoms with Crippen molar-refractivity contribution in [1.29, 1.82) is 0 Å². The first-order chi connectivity index (χ1) is 12.5. The van der Waals surface area contributed by atoms with Crippen LogP contribution in [0, 0.1) is 10.1 Å². The van der Waals surface area contributed by atoms with Gasteiger partial charge >= 0.3 is 0 Å². The lowest BCUT2D eigenvalue weighted by Crippen LogP contribution is -2.27. The third-order valence-electron chi connectivity index (χ3n) is 3.79. The van der Waals surface area contributed by atoms with Crippen molar-refractivity contribution in [3.8, 4) is 5.75 Å². The highest BCUT2D eigenvalue weighted by atomic mass is 32.2. The second-order valence-corrected chi connectivity index (χ2v) is 7.11. The topological polar surface area (TPSA) is 72.7 Å². The molecule has 0 aromatic heterocycles. The van der Waals surface area contributed by atoms with Crippen molar-refractivity contribution in [3.63, 3.8) is 0 Å². The number of thiocarbonyl (C=S) groups is 1. The van der Waals surface area contributed by atoms with Gasteiger partial charge in [-0.05, 0) is 29.8 Å². The van der Waals surface area contributed by atoms with Gasteiger partial charge in [0.15, 0.2) is 0 Å². The van der Waals surface area contributed by atoms with Crippen molar-refractivity contribution >= 4 is 46.0 Å². The maximum absolute atomic E-state index is 12.7. The minimum absolute atomic E-state index is 0.0482. The number of hydrogen-bond acceptors (Lipinski definition) is 6. The smallest absolute Gasteiger partial charge is 0.276 e. The summed E-state index contributed by atoms with van der Waals surface area (Å²) in [6.45, 7) is 0.336. The average molecular weight is 386 g/mol. The number of benzene rings is 2. The minimum Gasteiger partial charge on any atom is -0.497 e. The predicted molar refractivity (Wildman–Crippen MR) is 105 cm³/mol. The van der Waals surface area contributed by atoms with Crippen molar-refractivity contribution in [2.75, 3.05) is 7.11 Å². The molecule has 1 amide bonds. The van der Waals surface area contributed by atoms with Crippen LogP contribution in [0.3, 0.4) is 0 Å². The average Bonchev–Trinajstić information content (AvgIpc) is 2.90. The van der Waals surface area contributed by atoms with Crippen molar-refractivity contribution in [1.82, 2.24) is 4.90 Å². The highest BCUT2D eigenvalue weighted by Crippen LogP contribution is 2.35. The summed E-state index contributed by atoms with van der Waals surface area (Å²) in [5, 5.41) is 11.1. The van der Waals surface area contributed by atoms with E-state index >= 15 is 0 Å². The molecule has 1 aliphatic rings. The molecule has 0 spiro atoms. The fourth-order valence-corrected chi connectivity index (χ4v) is 3.71. The number of ether oxygens (including phenoxy) is 1. The Morgan fingerprint density at radius 2 is 1.92 bits per heavy atom. The number of thioether (sulfide) groups is 1. The summed E-state index contributed by atoms with van der Waals surface area (Å²) in [5.74, 6) is 0.476. The van der Waals surface area contributed by atoms with Gasteiger partial charge in [-0.3, -0.25) is 19.8 Å². The maximum Gasteiger partial charge on any atom is 0.276 e. The first kappa shape index (κ1) is 18.1. The lowest BCUT2D eigenvalue weighted by Gasteiger charge is -2.14. The summed E-state index contributed by atoms with van der Waals surface area (Å²) in [7, 11) is 1.59. The standard InChI is InChI=1S/C18H14N2O4S2/c1-24-14-8-6-12(7-9-14)11-19-17(21)16(26-18(19)25)10-13-4-2-3-5-15(13)20(22)23/h2-10H,11H2,1H3/b16-10-. The quantitative estimate of drug-likeness (QED) is 0.335. The van der Waals surface area contributed by atoms with Gasteiger partial charge in [-0.15, -0.1) is 0 Å². The minimum atomic E-state index is -0.468. The Bertz CT molecular complexity index is 910. The molecule has 1 saturated heterocycles. The Balaban J connectivity index is 1.83. The van der Waals surface area contributed by atoms with E-state index in [0.717, 1.165) is 23.1 Å². The van der Waals surface area contributed by atoms with E-state index in [-0.39, 0.29) is 11.6 Å². The number of amides is 1. The first-order valence-electron chi connectivity index (χ1n) is 7.61. The van der Waals surface area contributed by atoms with E-state index in [9.17, 15) is 14.9 Å². The molecule has 2 aromatic rings.